The molecular formula is C16H22N2O2. The van der Waals surface area contributed by atoms with Gasteiger partial charge in [0.1, 0.15) is 11.4 Å². The van der Waals surface area contributed by atoms with Crippen LogP contribution in [0.3, 0.4) is 0 Å². The van der Waals surface area contributed by atoms with E-state index in [0.717, 1.165) is 17.1 Å². The summed E-state index contributed by atoms with van der Waals surface area (Å²) in [5.41, 5.74) is 3.56. The zero-order chi connectivity index (χ0) is 15.1. The van der Waals surface area contributed by atoms with Crippen molar-refractivity contribution in [2.24, 2.45) is 5.41 Å². The van der Waals surface area contributed by atoms with Crippen LogP contribution in [0.5, 0.6) is 5.75 Å². The van der Waals surface area contributed by atoms with Crippen molar-refractivity contribution in [1.29, 1.82) is 0 Å². The van der Waals surface area contributed by atoms with E-state index in [1.165, 1.54) is 0 Å². The average Bonchev–Trinajstić information content (AvgIpc) is 2.51. The first kappa shape index (κ1) is 14.4. The maximum absolute atomic E-state index is 12.0. The number of nitrogens with one attached hydrogen (secondary N) is 1. The van der Waals surface area contributed by atoms with Gasteiger partial charge >= 0.3 is 0 Å². The van der Waals surface area contributed by atoms with Gasteiger partial charge in [-0.1, -0.05) is 12.6 Å². The third kappa shape index (κ3) is 2.64. The number of rotatable bonds is 2. The molecule has 1 saturated heterocycles. The SMILES string of the molecule is C=C1N(c2cccc(OC(C)(C)C)c2)NC(=O)C1(C)C. The first-order valence-electron chi connectivity index (χ1n) is 6.71. The molecule has 4 heteroatoms. The lowest BCUT2D eigenvalue weighted by Crippen LogP contribution is -2.32. The second kappa shape index (κ2) is 4.54. The van der Waals surface area contributed by atoms with Crippen molar-refractivity contribution in [2.45, 2.75) is 40.2 Å². The van der Waals surface area contributed by atoms with Gasteiger partial charge in [-0.3, -0.25) is 15.2 Å². The Bertz CT molecular complexity index is 556. The molecule has 0 unspecified atom stereocenters. The highest BCUT2D eigenvalue weighted by molar-refractivity contribution is 5.92. The van der Waals surface area contributed by atoms with Crippen molar-refractivity contribution >= 4 is 11.6 Å². The predicted molar refractivity (Wildman–Crippen MR) is 80.4 cm³/mol. The Hall–Kier alpha value is -1.97. The van der Waals surface area contributed by atoms with Crippen LogP contribution < -0.4 is 15.2 Å². The normalized spacial score (nSPS) is 18.1. The van der Waals surface area contributed by atoms with E-state index in [-0.39, 0.29) is 11.5 Å². The molecule has 4 nitrogen and oxygen atoms in total. The summed E-state index contributed by atoms with van der Waals surface area (Å²) in [7, 11) is 0. The Kier molecular flexibility index (Phi) is 3.28. The number of ether oxygens (including phenoxy) is 1. The number of carbonyl (C=O) groups is 1. The molecule has 1 fully saturated rings. The number of carbonyl (C=O) groups excluding carboxylic acids is 1. The quantitative estimate of drug-likeness (QED) is 0.900. The number of hydrogen-bond donors (Lipinski definition) is 1. The molecule has 2 rings (SSSR count). The zero-order valence-electron chi connectivity index (χ0n) is 12.8. The maximum atomic E-state index is 12.0. The van der Waals surface area contributed by atoms with Gasteiger partial charge in [0.2, 0.25) is 5.91 Å². The van der Waals surface area contributed by atoms with Gasteiger partial charge < -0.3 is 4.74 Å². The third-order valence-electron chi connectivity index (χ3n) is 3.27. The number of benzene rings is 1. The van der Waals surface area contributed by atoms with Gasteiger partial charge in [-0.2, -0.15) is 0 Å². The Morgan fingerprint density at radius 1 is 1.30 bits per heavy atom. The standard InChI is InChI=1S/C16H22N2O2/c1-11-16(5,6)14(19)17-18(11)12-8-7-9-13(10-12)20-15(2,3)4/h7-10H,1H2,2-6H3,(H,17,19). The van der Waals surface area contributed by atoms with E-state index in [1.807, 2.05) is 58.9 Å². The van der Waals surface area contributed by atoms with E-state index < -0.39 is 5.41 Å². The van der Waals surface area contributed by atoms with Crippen LogP contribution in [0.1, 0.15) is 34.6 Å². The molecule has 0 spiro atoms. The highest BCUT2D eigenvalue weighted by Crippen LogP contribution is 2.37. The van der Waals surface area contributed by atoms with Crippen LogP contribution >= 0.6 is 0 Å². The van der Waals surface area contributed by atoms with Crippen LogP contribution in [-0.4, -0.2) is 11.5 Å². The summed E-state index contributed by atoms with van der Waals surface area (Å²) in [6.07, 6.45) is 0. The minimum atomic E-state index is -0.596. The zero-order valence-corrected chi connectivity index (χ0v) is 12.8. The molecule has 1 aromatic carbocycles. The van der Waals surface area contributed by atoms with Gasteiger partial charge in [0.15, 0.2) is 0 Å². The molecule has 0 aliphatic carbocycles. The molecule has 20 heavy (non-hydrogen) atoms. The molecule has 1 aromatic rings. The number of hydrogen-bond acceptors (Lipinski definition) is 3. The fourth-order valence-electron chi connectivity index (χ4n) is 1.98. The second-order valence-electron chi connectivity index (χ2n) is 6.56. The molecule has 1 N–H and O–H groups in total. The molecule has 0 saturated carbocycles. The summed E-state index contributed by atoms with van der Waals surface area (Å²) < 4.78 is 5.85. The summed E-state index contributed by atoms with van der Waals surface area (Å²) in [5, 5.41) is 1.72. The monoisotopic (exact) mass is 274 g/mol. The summed E-state index contributed by atoms with van der Waals surface area (Å²) >= 11 is 0. The predicted octanol–water partition coefficient (Wildman–Crippen LogP) is 3.26. The molecule has 0 atom stereocenters. The molecular weight excluding hydrogens is 252 g/mol. The molecule has 1 aliphatic heterocycles. The van der Waals surface area contributed by atoms with E-state index in [9.17, 15) is 4.79 Å². The fourth-order valence-corrected chi connectivity index (χ4v) is 1.98. The number of nitrogens with zero attached hydrogens (tertiary/aromatic N) is 1. The lowest BCUT2D eigenvalue weighted by atomic mass is 9.90. The van der Waals surface area contributed by atoms with Crippen LogP contribution in [0.4, 0.5) is 5.69 Å². The highest BCUT2D eigenvalue weighted by Gasteiger charge is 2.42. The molecule has 0 bridgehead atoms. The van der Waals surface area contributed by atoms with Gasteiger partial charge in [-0.25, -0.2) is 0 Å². The van der Waals surface area contributed by atoms with Crippen LogP contribution in [0.25, 0.3) is 0 Å². The largest absolute Gasteiger partial charge is 0.488 e. The molecule has 1 amide bonds. The minimum Gasteiger partial charge on any atom is -0.488 e. The van der Waals surface area contributed by atoms with Crippen LogP contribution in [-0.2, 0) is 4.79 Å². The van der Waals surface area contributed by atoms with Gasteiger partial charge in [0.25, 0.3) is 0 Å². The second-order valence-corrected chi connectivity index (χ2v) is 6.56. The third-order valence-corrected chi connectivity index (χ3v) is 3.27. The summed E-state index contributed by atoms with van der Waals surface area (Å²) in [5.74, 6) is 0.714. The van der Waals surface area contributed by atoms with Crippen LogP contribution in [0, 0.1) is 5.41 Å². The Labute approximate surface area is 120 Å². The first-order chi connectivity index (χ1) is 9.11. The fraction of sp³-hybridized carbons (Fsp3) is 0.438. The number of amides is 1. The number of anilines is 1. The topological polar surface area (TPSA) is 41.6 Å². The van der Waals surface area contributed by atoms with Crippen molar-refractivity contribution in [2.75, 3.05) is 5.01 Å². The lowest BCUT2D eigenvalue weighted by molar-refractivity contribution is -0.125. The lowest BCUT2D eigenvalue weighted by Gasteiger charge is -2.24. The van der Waals surface area contributed by atoms with Crippen molar-refractivity contribution in [3.63, 3.8) is 0 Å². The highest BCUT2D eigenvalue weighted by atomic mass is 16.5. The molecule has 0 radical (unpaired) electrons. The van der Waals surface area contributed by atoms with E-state index in [2.05, 4.69) is 12.0 Å². The molecule has 0 aromatic heterocycles. The molecule has 108 valence electrons. The number of hydrazine groups is 1. The average molecular weight is 274 g/mol. The summed E-state index contributed by atoms with van der Waals surface area (Å²) in [6.45, 7) is 13.7. The van der Waals surface area contributed by atoms with Crippen LogP contribution in [0.15, 0.2) is 36.5 Å². The van der Waals surface area contributed by atoms with Gasteiger partial charge in [-0.15, -0.1) is 0 Å². The Balaban J connectivity index is 2.29. The maximum Gasteiger partial charge on any atom is 0.250 e. The molecule has 1 aliphatic rings. The molecule has 1 heterocycles. The van der Waals surface area contributed by atoms with E-state index in [4.69, 9.17) is 4.74 Å². The Morgan fingerprint density at radius 3 is 2.45 bits per heavy atom. The minimum absolute atomic E-state index is 0.0513. The smallest absolute Gasteiger partial charge is 0.250 e. The first-order valence-corrected chi connectivity index (χ1v) is 6.71. The van der Waals surface area contributed by atoms with E-state index >= 15 is 0 Å². The van der Waals surface area contributed by atoms with Gasteiger partial charge in [0.05, 0.1) is 11.1 Å². The van der Waals surface area contributed by atoms with Crippen LogP contribution in [0.2, 0.25) is 0 Å². The van der Waals surface area contributed by atoms with Gasteiger partial charge in [-0.05, 0) is 46.8 Å². The van der Waals surface area contributed by atoms with Gasteiger partial charge in [0, 0.05) is 11.8 Å². The van der Waals surface area contributed by atoms with Crippen molar-refractivity contribution in [1.82, 2.24) is 5.43 Å². The van der Waals surface area contributed by atoms with Crippen molar-refractivity contribution < 1.29 is 9.53 Å². The summed E-state index contributed by atoms with van der Waals surface area (Å²) in [4.78, 5) is 12.0. The Morgan fingerprint density at radius 2 is 1.95 bits per heavy atom. The van der Waals surface area contributed by atoms with Crippen molar-refractivity contribution in [3.05, 3.63) is 36.5 Å². The van der Waals surface area contributed by atoms with E-state index in [0.29, 0.717) is 0 Å². The van der Waals surface area contributed by atoms with E-state index in [1.54, 1.807) is 5.01 Å². The summed E-state index contributed by atoms with van der Waals surface area (Å²) in [6, 6.07) is 7.63. The van der Waals surface area contributed by atoms with Crippen molar-refractivity contribution in [3.8, 4) is 5.75 Å².